The van der Waals surface area contributed by atoms with E-state index in [1.165, 1.54) is 50.8 Å². The van der Waals surface area contributed by atoms with Gasteiger partial charge in [-0.05, 0) is 44.5 Å². The second kappa shape index (κ2) is 13.4. The van der Waals surface area contributed by atoms with Crippen molar-refractivity contribution in [2.75, 3.05) is 70.9 Å². The van der Waals surface area contributed by atoms with Crippen LogP contribution in [0.1, 0.15) is 26.2 Å². The summed E-state index contributed by atoms with van der Waals surface area (Å²) in [5, 5.41) is 6.77. The van der Waals surface area contributed by atoms with Gasteiger partial charge in [0.25, 0.3) is 0 Å². The number of para-hydroxylation sites is 1. The molecule has 0 spiro atoms. The Balaban J connectivity index is 0.00000341. The molecule has 31 heavy (non-hydrogen) atoms. The molecule has 0 aromatic heterocycles. The SMILES string of the molecule is CCN1CCN(CCCCNC(=NC)NC2CCN(c3c(F)cccc3F)C2)CC1.I. The summed E-state index contributed by atoms with van der Waals surface area (Å²) in [6, 6.07) is 4.13. The summed E-state index contributed by atoms with van der Waals surface area (Å²) in [5.74, 6) is -0.254. The first-order valence-corrected chi connectivity index (χ1v) is 11.2. The summed E-state index contributed by atoms with van der Waals surface area (Å²) in [6.07, 6.45) is 3.07. The predicted octanol–water partition coefficient (Wildman–Crippen LogP) is 2.74. The second-order valence-electron chi connectivity index (χ2n) is 8.13. The minimum Gasteiger partial charge on any atom is -0.365 e. The second-order valence-corrected chi connectivity index (χ2v) is 8.13. The molecule has 1 atom stereocenters. The topological polar surface area (TPSA) is 46.1 Å². The molecule has 2 heterocycles. The van der Waals surface area contributed by atoms with Crippen LogP contribution in [0.3, 0.4) is 0 Å². The van der Waals surface area contributed by atoms with E-state index in [4.69, 9.17) is 0 Å². The van der Waals surface area contributed by atoms with E-state index in [9.17, 15) is 8.78 Å². The number of unbranched alkanes of at least 4 members (excludes halogenated alkanes) is 1. The molecule has 2 aliphatic heterocycles. The minimum absolute atomic E-state index is 0. The Bertz CT molecular complexity index is 676. The molecule has 2 aliphatic rings. The fourth-order valence-corrected chi connectivity index (χ4v) is 4.26. The number of nitrogens with one attached hydrogen (secondary N) is 2. The third kappa shape index (κ3) is 7.71. The third-order valence-corrected chi connectivity index (χ3v) is 6.11. The van der Waals surface area contributed by atoms with Crippen LogP contribution in [0, 0.1) is 11.6 Å². The maximum atomic E-state index is 14.0. The zero-order valence-corrected chi connectivity index (χ0v) is 21.1. The molecule has 2 N–H and O–H groups in total. The van der Waals surface area contributed by atoms with Crippen molar-refractivity contribution in [1.29, 1.82) is 0 Å². The molecule has 9 heteroatoms. The lowest BCUT2D eigenvalue weighted by atomic mass is 10.2. The van der Waals surface area contributed by atoms with Gasteiger partial charge in [-0.3, -0.25) is 4.99 Å². The summed E-state index contributed by atoms with van der Waals surface area (Å²) in [7, 11) is 1.76. The largest absolute Gasteiger partial charge is 0.365 e. The van der Waals surface area contributed by atoms with Crippen molar-refractivity contribution in [1.82, 2.24) is 20.4 Å². The Morgan fingerprint density at radius 3 is 2.39 bits per heavy atom. The Kier molecular flexibility index (Phi) is 11.2. The smallest absolute Gasteiger partial charge is 0.191 e. The molecule has 6 nitrogen and oxygen atoms in total. The Labute approximate surface area is 202 Å². The maximum Gasteiger partial charge on any atom is 0.191 e. The number of hydrogen-bond donors (Lipinski definition) is 2. The number of piperazine rings is 1. The first kappa shape index (κ1) is 26.1. The van der Waals surface area contributed by atoms with Gasteiger partial charge in [0.15, 0.2) is 5.96 Å². The highest BCUT2D eigenvalue weighted by Crippen LogP contribution is 2.26. The predicted molar refractivity (Wildman–Crippen MR) is 135 cm³/mol. The average molecular weight is 550 g/mol. The number of hydrogen-bond acceptors (Lipinski definition) is 4. The Hall–Kier alpha value is -1.20. The fourth-order valence-electron chi connectivity index (χ4n) is 4.26. The molecule has 3 rings (SSSR count). The number of likely N-dealkylation sites (N-methyl/N-ethyl adjacent to an activating group) is 1. The van der Waals surface area contributed by atoms with Gasteiger partial charge in [-0.2, -0.15) is 0 Å². The van der Waals surface area contributed by atoms with Gasteiger partial charge in [0.1, 0.15) is 17.3 Å². The number of anilines is 1. The van der Waals surface area contributed by atoms with Crippen LogP contribution >= 0.6 is 24.0 Å². The van der Waals surface area contributed by atoms with Gasteiger partial charge >= 0.3 is 0 Å². The molecule has 0 saturated carbocycles. The molecule has 1 aromatic rings. The normalized spacial score (nSPS) is 20.6. The van der Waals surface area contributed by atoms with Crippen LogP contribution in [0.2, 0.25) is 0 Å². The average Bonchev–Trinajstić information content (AvgIpc) is 3.21. The molecule has 1 unspecified atom stereocenters. The van der Waals surface area contributed by atoms with Crippen molar-refractivity contribution in [3.63, 3.8) is 0 Å². The lowest BCUT2D eigenvalue weighted by molar-refractivity contribution is 0.136. The van der Waals surface area contributed by atoms with Gasteiger partial charge in [0, 0.05) is 58.9 Å². The zero-order chi connectivity index (χ0) is 21.3. The van der Waals surface area contributed by atoms with Crippen LogP contribution < -0.4 is 15.5 Å². The van der Waals surface area contributed by atoms with Crippen LogP contribution in [0.5, 0.6) is 0 Å². The quantitative estimate of drug-likeness (QED) is 0.226. The van der Waals surface area contributed by atoms with Gasteiger partial charge in [-0.25, -0.2) is 8.78 Å². The molecular formula is C22H37F2IN6. The van der Waals surface area contributed by atoms with Crippen LogP contribution in [-0.2, 0) is 0 Å². The van der Waals surface area contributed by atoms with Gasteiger partial charge in [-0.15, -0.1) is 24.0 Å². The fraction of sp³-hybridized carbons (Fsp3) is 0.682. The Morgan fingerprint density at radius 1 is 1.06 bits per heavy atom. The minimum atomic E-state index is -0.505. The van der Waals surface area contributed by atoms with Crippen molar-refractivity contribution in [3.8, 4) is 0 Å². The molecule has 0 aliphatic carbocycles. The monoisotopic (exact) mass is 550 g/mol. The standard InChI is InChI=1S/C22H36F2N6.HI/c1-3-28-13-15-29(16-14-28)11-5-4-10-26-22(25-2)27-18-9-12-30(17-18)21-19(23)7-6-8-20(21)24;/h6-8,18H,3-5,9-17H2,1-2H3,(H2,25,26,27);1H. The number of benzene rings is 1. The number of aliphatic imine (C=N–C) groups is 1. The van der Waals surface area contributed by atoms with E-state index >= 15 is 0 Å². The van der Waals surface area contributed by atoms with E-state index in [0.29, 0.717) is 13.1 Å². The highest BCUT2D eigenvalue weighted by molar-refractivity contribution is 14.0. The zero-order valence-electron chi connectivity index (χ0n) is 18.7. The van der Waals surface area contributed by atoms with Crippen molar-refractivity contribution < 1.29 is 8.78 Å². The third-order valence-electron chi connectivity index (χ3n) is 6.11. The van der Waals surface area contributed by atoms with Crippen molar-refractivity contribution in [2.24, 2.45) is 4.99 Å². The van der Waals surface area contributed by atoms with Gasteiger partial charge in [-0.1, -0.05) is 13.0 Å². The molecule has 176 valence electrons. The molecule has 0 amide bonds. The molecule has 2 saturated heterocycles. The van der Waals surface area contributed by atoms with Gasteiger partial charge in [0.05, 0.1) is 0 Å². The molecular weight excluding hydrogens is 513 g/mol. The Morgan fingerprint density at radius 2 is 1.74 bits per heavy atom. The highest BCUT2D eigenvalue weighted by Gasteiger charge is 2.27. The molecule has 1 aromatic carbocycles. The van der Waals surface area contributed by atoms with E-state index in [0.717, 1.165) is 38.4 Å². The molecule has 2 fully saturated rings. The van der Waals surface area contributed by atoms with E-state index in [1.54, 1.807) is 11.9 Å². The number of halogens is 3. The lowest BCUT2D eigenvalue weighted by Crippen LogP contribution is -2.46. The van der Waals surface area contributed by atoms with E-state index < -0.39 is 11.6 Å². The summed E-state index contributed by atoms with van der Waals surface area (Å²) >= 11 is 0. The van der Waals surface area contributed by atoms with Crippen molar-refractivity contribution in [3.05, 3.63) is 29.8 Å². The molecule has 0 radical (unpaired) electrons. The van der Waals surface area contributed by atoms with Crippen molar-refractivity contribution >= 4 is 35.6 Å². The van der Waals surface area contributed by atoms with E-state index in [1.807, 2.05) is 0 Å². The van der Waals surface area contributed by atoms with E-state index in [-0.39, 0.29) is 35.7 Å². The number of nitrogens with zero attached hydrogens (tertiary/aromatic N) is 4. The summed E-state index contributed by atoms with van der Waals surface area (Å²) < 4.78 is 28.1. The van der Waals surface area contributed by atoms with Crippen LogP contribution in [0.15, 0.2) is 23.2 Å². The summed E-state index contributed by atoms with van der Waals surface area (Å²) in [6.45, 7) is 11.3. The van der Waals surface area contributed by atoms with E-state index in [2.05, 4.69) is 32.3 Å². The van der Waals surface area contributed by atoms with Crippen LogP contribution in [0.25, 0.3) is 0 Å². The lowest BCUT2D eigenvalue weighted by Gasteiger charge is -2.34. The summed E-state index contributed by atoms with van der Waals surface area (Å²) in [4.78, 5) is 11.1. The number of rotatable bonds is 8. The van der Waals surface area contributed by atoms with Crippen LogP contribution in [0.4, 0.5) is 14.5 Å². The van der Waals surface area contributed by atoms with Gasteiger partial charge < -0.3 is 25.3 Å². The highest BCUT2D eigenvalue weighted by atomic mass is 127. The first-order valence-electron chi connectivity index (χ1n) is 11.2. The van der Waals surface area contributed by atoms with Gasteiger partial charge in [0.2, 0.25) is 0 Å². The maximum absolute atomic E-state index is 14.0. The number of guanidine groups is 1. The molecule has 0 bridgehead atoms. The summed E-state index contributed by atoms with van der Waals surface area (Å²) in [5.41, 5.74) is 0.0736. The first-order chi connectivity index (χ1) is 14.6. The van der Waals surface area contributed by atoms with Crippen LogP contribution in [-0.4, -0.2) is 87.8 Å². The van der Waals surface area contributed by atoms with Crippen molar-refractivity contribution in [2.45, 2.75) is 32.2 Å².